The van der Waals surface area contributed by atoms with Crippen molar-refractivity contribution in [3.8, 4) is 0 Å². The first kappa shape index (κ1) is 9.20. The van der Waals surface area contributed by atoms with Crippen LogP contribution in [-0.2, 0) is 5.41 Å². The van der Waals surface area contributed by atoms with Gasteiger partial charge in [0, 0.05) is 11.6 Å². The van der Waals surface area contributed by atoms with Crippen LogP contribution < -0.4 is 0 Å². The first-order valence-corrected chi connectivity index (χ1v) is 4.98. The van der Waals surface area contributed by atoms with Gasteiger partial charge >= 0.3 is 0 Å². The smallest absolute Gasteiger partial charge is 0.0503 e. The number of hydrogen-bond acceptors (Lipinski definition) is 1. The van der Waals surface area contributed by atoms with Gasteiger partial charge in [0.05, 0.1) is 5.69 Å². The molecular weight excluding hydrogens is 170 g/mol. The molecule has 0 radical (unpaired) electrons. The van der Waals surface area contributed by atoms with Crippen LogP contribution in [0.15, 0.2) is 48.2 Å². The van der Waals surface area contributed by atoms with Gasteiger partial charge in [-0.2, -0.15) is 0 Å². The molecule has 2 rings (SSSR count). The predicted octanol–water partition coefficient (Wildman–Crippen LogP) is 3.25. The fraction of sp³-hybridized carbons (Fsp3) is 0.308. The van der Waals surface area contributed by atoms with Crippen LogP contribution in [0.2, 0.25) is 0 Å². The van der Waals surface area contributed by atoms with Crippen molar-refractivity contribution in [2.75, 3.05) is 0 Å². The number of nitrogens with zero attached hydrogens (tertiary/aromatic N) is 1. The highest BCUT2D eigenvalue weighted by atomic mass is 14.7. The van der Waals surface area contributed by atoms with E-state index in [1.165, 1.54) is 5.57 Å². The third kappa shape index (κ3) is 1.63. The van der Waals surface area contributed by atoms with Crippen LogP contribution in [0.25, 0.3) is 0 Å². The van der Waals surface area contributed by atoms with E-state index in [1.54, 1.807) is 0 Å². The van der Waals surface area contributed by atoms with Crippen molar-refractivity contribution in [3.63, 3.8) is 0 Å². The Balaban J connectivity index is 2.32. The average Bonchev–Trinajstić information content (AvgIpc) is 2.24. The lowest BCUT2D eigenvalue weighted by Gasteiger charge is -2.26. The molecule has 1 atom stereocenters. The van der Waals surface area contributed by atoms with Crippen LogP contribution in [0.5, 0.6) is 0 Å². The first-order chi connectivity index (χ1) is 6.71. The largest absolute Gasteiger partial charge is 0.260 e. The van der Waals surface area contributed by atoms with Gasteiger partial charge < -0.3 is 0 Å². The lowest BCUT2D eigenvalue weighted by Crippen LogP contribution is -2.21. The Hall–Kier alpha value is -1.37. The molecular formula is C13H15N. The number of hydrogen-bond donors (Lipinski definition) is 0. The van der Waals surface area contributed by atoms with Crippen molar-refractivity contribution < 1.29 is 0 Å². The number of aromatic nitrogens is 1. The Bertz CT molecular complexity index is 375. The standard InChI is InChI=1S/C13H15N/c1-11-6-8-13(2,9-7-11)12-5-3-4-10-14-12/h3-8,10H,9H2,1-2H3. The van der Waals surface area contributed by atoms with Gasteiger partial charge in [-0.1, -0.05) is 36.8 Å². The SMILES string of the molecule is CC1=CCC(C)(c2ccccn2)C=C1. The van der Waals surface area contributed by atoms with Crippen LogP contribution in [0, 0.1) is 0 Å². The molecule has 0 fully saturated rings. The van der Waals surface area contributed by atoms with Gasteiger partial charge in [0.2, 0.25) is 0 Å². The quantitative estimate of drug-likeness (QED) is 0.654. The summed E-state index contributed by atoms with van der Waals surface area (Å²) in [6.07, 6.45) is 9.61. The van der Waals surface area contributed by atoms with E-state index in [4.69, 9.17) is 0 Å². The zero-order valence-corrected chi connectivity index (χ0v) is 8.70. The minimum atomic E-state index is 0.0841. The van der Waals surface area contributed by atoms with Crippen LogP contribution in [0.4, 0.5) is 0 Å². The molecule has 1 aliphatic carbocycles. The summed E-state index contributed by atoms with van der Waals surface area (Å²) < 4.78 is 0. The molecule has 0 amide bonds. The second-order valence-electron chi connectivity index (χ2n) is 4.12. The Morgan fingerprint density at radius 3 is 2.79 bits per heavy atom. The minimum Gasteiger partial charge on any atom is -0.260 e. The summed E-state index contributed by atoms with van der Waals surface area (Å²) in [5.41, 5.74) is 2.58. The maximum atomic E-state index is 4.42. The van der Waals surface area contributed by atoms with Gasteiger partial charge in [0.1, 0.15) is 0 Å². The van der Waals surface area contributed by atoms with Gasteiger partial charge in [-0.25, -0.2) is 0 Å². The molecule has 0 saturated heterocycles. The van der Waals surface area contributed by atoms with E-state index in [2.05, 4.69) is 43.1 Å². The van der Waals surface area contributed by atoms with Crippen LogP contribution >= 0.6 is 0 Å². The Kier molecular flexibility index (Phi) is 2.24. The molecule has 0 aromatic carbocycles. The summed E-state index contributed by atoms with van der Waals surface area (Å²) >= 11 is 0. The summed E-state index contributed by atoms with van der Waals surface area (Å²) in [5, 5.41) is 0. The zero-order valence-electron chi connectivity index (χ0n) is 8.70. The average molecular weight is 185 g/mol. The maximum Gasteiger partial charge on any atom is 0.0503 e. The first-order valence-electron chi connectivity index (χ1n) is 4.98. The molecule has 14 heavy (non-hydrogen) atoms. The summed E-state index contributed by atoms with van der Waals surface area (Å²) in [5.74, 6) is 0. The van der Waals surface area contributed by atoms with Gasteiger partial charge in [0.25, 0.3) is 0 Å². The van der Waals surface area contributed by atoms with Crippen molar-refractivity contribution in [2.45, 2.75) is 25.7 Å². The van der Waals surface area contributed by atoms with Crippen molar-refractivity contribution in [1.82, 2.24) is 4.98 Å². The maximum absolute atomic E-state index is 4.42. The number of allylic oxidation sites excluding steroid dienone is 4. The minimum absolute atomic E-state index is 0.0841. The fourth-order valence-electron chi connectivity index (χ4n) is 1.72. The summed E-state index contributed by atoms with van der Waals surface area (Å²) in [7, 11) is 0. The molecule has 1 nitrogen and oxygen atoms in total. The normalized spacial score (nSPS) is 26.0. The summed E-state index contributed by atoms with van der Waals surface area (Å²) in [6.45, 7) is 4.36. The van der Waals surface area contributed by atoms with Gasteiger partial charge in [-0.3, -0.25) is 4.98 Å². The molecule has 72 valence electrons. The molecule has 0 spiro atoms. The molecule has 1 heterocycles. The second kappa shape index (κ2) is 3.41. The Morgan fingerprint density at radius 2 is 2.21 bits per heavy atom. The summed E-state index contributed by atoms with van der Waals surface area (Å²) in [4.78, 5) is 4.42. The third-order valence-electron chi connectivity index (χ3n) is 2.81. The Labute approximate surface area is 85.2 Å². The van der Waals surface area contributed by atoms with Crippen molar-refractivity contribution in [3.05, 3.63) is 53.9 Å². The second-order valence-corrected chi connectivity index (χ2v) is 4.12. The van der Waals surface area contributed by atoms with E-state index in [9.17, 15) is 0 Å². The molecule has 0 aliphatic heterocycles. The molecule has 0 bridgehead atoms. The van der Waals surface area contributed by atoms with Crippen LogP contribution in [0.3, 0.4) is 0 Å². The summed E-state index contributed by atoms with van der Waals surface area (Å²) in [6, 6.07) is 6.10. The van der Waals surface area contributed by atoms with Crippen molar-refractivity contribution in [1.29, 1.82) is 0 Å². The topological polar surface area (TPSA) is 12.9 Å². The van der Waals surface area contributed by atoms with E-state index >= 15 is 0 Å². The van der Waals surface area contributed by atoms with Crippen LogP contribution in [0.1, 0.15) is 26.0 Å². The molecule has 1 aromatic heterocycles. The van der Waals surface area contributed by atoms with Crippen molar-refractivity contribution in [2.24, 2.45) is 0 Å². The molecule has 1 unspecified atom stereocenters. The molecule has 1 aromatic rings. The van der Waals surface area contributed by atoms with E-state index in [0.717, 1.165) is 12.1 Å². The van der Waals surface area contributed by atoms with Gasteiger partial charge in [0.15, 0.2) is 0 Å². The van der Waals surface area contributed by atoms with E-state index in [1.807, 2.05) is 18.3 Å². The fourth-order valence-corrected chi connectivity index (χ4v) is 1.72. The van der Waals surface area contributed by atoms with E-state index < -0.39 is 0 Å². The molecule has 1 aliphatic rings. The Morgan fingerprint density at radius 1 is 1.36 bits per heavy atom. The predicted molar refractivity (Wildman–Crippen MR) is 59.1 cm³/mol. The molecule has 0 N–H and O–H groups in total. The zero-order chi connectivity index (χ0) is 10.0. The highest BCUT2D eigenvalue weighted by Gasteiger charge is 2.25. The highest BCUT2D eigenvalue weighted by Crippen LogP contribution is 2.31. The molecule has 0 saturated carbocycles. The van der Waals surface area contributed by atoms with Gasteiger partial charge in [-0.15, -0.1) is 0 Å². The van der Waals surface area contributed by atoms with E-state index in [-0.39, 0.29) is 5.41 Å². The van der Waals surface area contributed by atoms with Gasteiger partial charge in [-0.05, 0) is 25.5 Å². The number of pyridine rings is 1. The highest BCUT2D eigenvalue weighted by molar-refractivity contribution is 5.33. The van der Waals surface area contributed by atoms with E-state index in [0.29, 0.717) is 0 Å². The lowest BCUT2D eigenvalue weighted by atomic mass is 9.79. The number of rotatable bonds is 1. The van der Waals surface area contributed by atoms with Crippen molar-refractivity contribution >= 4 is 0 Å². The van der Waals surface area contributed by atoms with Crippen LogP contribution in [-0.4, -0.2) is 4.98 Å². The molecule has 1 heteroatoms. The third-order valence-corrected chi connectivity index (χ3v) is 2.81. The monoisotopic (exact) mass is 185 g/mol. The lowest BCUT2D eigenvalue weighted by molar-refractivity contribution is 0.576.